The lowest BCUT2D eigenvalue weighted by atomic mass is 10.4. The van der Waals surface area contributed by atoms with Crippen LogP contribution in [0, 0.1) is 0 Å². The molecular formula is C9H11BrN2O2. The van der Waals surface area contributed by atoms with Gasteiger partial charge in [-0.2, -0.15) is 0 Å². The number of ether oxygens (including phenoxy) is 1. The molecule has 0 spiro atoms. The summed E-state index contributed by atoms with van der Waals surface area (Å²) in [5.41, 5.74) is 0.596. The van der Waals surface area contributed by atoms with Gasteiger partial charge in [-0.1, -0.05) is 15.9 Å². The average Bonchev–Trinajstić information content (AvgIpc) is 2.21. The molecule has 5 heteroatoms. The lowest BCUT2D eigenvalue weighted by Gasteiger charge is -2.08. The summed E-state index contributed by atoms with van der Waals surface area (Å²) in [5.74, 6) is 0.322. The van der Waals surface area contributed by atoms with Gasteiger partial charge in [0.05, 0.1) is 11.9 Å². The van der Waals surface area contributed by atoms with Gasteiger partial charge in [-0.25, -0.2) is 4.98 Å². The predicted octanol–water partition coefficient (Wildman–Crippen LogP) is 1.81. The Kier molecular flexibility index (Phi) is 4.39. The summed E-state index contributed by atoms with van der Waals surface area (Å²) in [5, 5.41) is 2.93. The van der Waals surface area contributed by atoms with E-state index in [2.05, 4.69) is 26.2 Å². The van der Waals surface area contributed by atoms with Crippen LogP contribution in [0.5, 0.6) is 5.88 Å². The van der Waals surface area contributed by atoms with Crippen molar-refractivity contribution in [2.75, 3.05) is 17.3 Å². The Bertz CT molecular complexity index is 317. The minimum Gasteiger partial charge on any atom is -0.476 e. The number of nitrogens with one attached hydrogen (secondary N) is 1. The molecule has 0 aliphatic rings. The van der Waals surface area contributed by atoms with E-state index in [9.17, 15) is 4.79 Å². The van der Waals surface area contributed by atoms with Crippen molar-refractivity contribution in [3.63, 3.8) is 0 Å². The van der Waals surface area contributed by atoms with Gasteiger partial charge < -0.3 is 10.1 Å². The lowest BCUT2D eigenvalue weighted by molar-refractivity contribution is -0.113. The van der Waals surface area contributed by atoms with E-state index in [-0.39, 0.29) is 11.2 Å². The molecule has 0 aromatic carbocycles. The minimum absolute atomic E-state index is 0.126. The van der Waals surface area contributed by atoms with Gasteiger partial charge in [0, 0.05) is 6.20 Å². The summed E-state index contributed by atoms with van der Waals surface area (Å²) in [4.78, 5) is 15.1. The van der Waals surface area contributed by atoms with Crippen molar-refractivity contribution in [2.24, 2.45) is 0 Å². The predicted molar refractivity (Wildman–Crippen MR) is 57.8 cm³/mol. The van der Waals surface area contributed by atoms with Crippen LogP contribution in [-0.4, -0.2) is 22.8 Å². The smallest absolute Gasteiger partial charge is 0.237 e. The van der Waals surface area contributed by atoms with Gasteiger partial charge in [-0.05, 0) is 19.1 Å². The number of aromatic nitrogens is 1. The zero-order valence-electron chi connectivity index (χ0n) is 7.79. The van der Waals surface area contributed by atoms with Gasteiger partial charge in [-0.3, -0.25) is 4.79 Å². The molecule has 1 N–H and O–H groups in total. The quantitative estimate of drug-likeness (QED) is 0.839. The number of carbonyl (C=O) groups is 1. The number of pyridine rings is 1. The number of anilines is 1. The van der Waals surface area contributed by atoms with Crippen molar-refractivity contribution in [3.05, 3.63) is 18.3 Å². The highest BCUT2D eigenvalue weighted by molar-refractivity contribution is 9.09. The number of nitrogens with zero attached hydrogens (tertiary/aromatic N) is 1. The van der Waals surface area contributed by atoms with E-state index in [0.717, 1.165) is 0 Å². The normalized spacial score (nSPS) is 9.57. The molecule has 4 nitrogen and oxygen atoms in total. The number of hydrogen-bond acceptors (Lipinski definition) is 3. The fraction of sp³-hybridized carbons (Fsp3) is 0.333. The highest BCUT2D eigenvalue weighted by atomic mass is 79.9. The first-order valence-electron chi connectivity index (χ1n) is 4.21. The van der Waals surface area contributed by atoms with Crippen molar-refractivity contribution in [1.29, 1.82) is 0 Å². The van der Waals surface area contributed by atoms with E-state index in [4.69, 9.17) is 4.74 Å². The summed E-state index contributed by atoms with van der Waals surface area (Å²) in [6.07, 6.45) is 1.62. The van der Waals surface area contributed by atoms with Crippen LogP contribution < -0.4 is 10.1 Å². The molecule has 0 atom stereocenters. The maximum Gasteiger partial charge on any atom is 0.237 e. The molecule has 0 saturated carbocycles. The van der Waals surface area contributed by atoms with Crippen molar-refractivity contribution in [1.82, 2.24) is 4.98 Å². The van der Waals surface area contributed by atoms with E-state index in [1.807, 2.05) is 6.92 Å². The second kappa shape index (κ2) is 5.59. The van der Waals surface area contributed by atoms with Crippen molar-refractivity contribution in [3.8, 4) is 5.88 Å². The van der Waals surface area contributed by atoms with Crippen LogP contribution in [0.15, 0.2) is 18.3 Å². The van der Waals surface area contributed by atoms with Crippen molar-refractivity contribution < 1.29 is 9.53 Å². The standard InChI is InChI=1S/C9H11BrN2O2/c1-2-14-9-7(4-3-5-11-9)12-8(13)6-10/h3-5H,2,6H2,1H3,(H,12,13). The molecule has 0 radical (unpaired) electrons. The first kappa shape index (κ1) is 11.0. The molecule has 0 saturated heterocycles. The van der Waals surface area contributed by atoms with Gasteiger partial charge in [0.25, 0.3) is 0 Å². The SMILES string of the molecule is CCOc1ncccc1NC(=O)CBr. The van der Waals surface area contributed by atoms with Crippen LogP contribution in [0.2, 0.25) is 0 Å². The summed E-state index contributed by atoms with van der Waals surface area (Å²) >= 11 is 3.06. The zero-order valence-corrected chi connectivity index (χ0v) is 9.37. The van der Waals surface area contributed by atoms with Crippen molar-refractivity contribution >= 4 is 27.5 Å². The fourth-order valence-electron chi connectivity index (χ4n) is 0.921. The number of amides is 1. The Morgan fingerprint density at radius 2 is 2.50 bits per heavy atom. The Morgan fingerprint density at radius 1 is 1.71 bits per heavy atom. The molecule has 0 aliphatic carbocycles. The van der Waals surface area contributed by atoms with Crippen LogP contribution in [0.3, 0.4) is 0 Å². The van der Waals surface area contributed by atoms with Crippen LogP contribution >= 0.6 is 15.9 Å². The largest absolute Gasteiger partial charge is 0.476 e. The maximum atomic E-state index is 11.1. The number of alkyl halides is 1. The molecule has 76 valence electrons. The number of rotatable bonds is 4. The average molecular weight is 259 g/mol. The third kappa shape index (κ3) is 2.99. The molecule has 1 aromatic rings. The highest BCUT2D eigenvalue weighted by Gasteiger charge is 2.06. The van der Waals surface area contributed by atoms with Gasteiger partial charge in [0.15, 0.2) is 0 Å². The van der Waals surface area contributed by atoms with E-state index in [1.54, 1.807) is 18.3 Å². The Labute approximate surface area is 90.8 Å². The fourth-order valence-corrected chi connectivity index (χ4v) is 1.06. The topological polar surface area (TPSA) is 51.2 Å². The first-order valence-corrected chi connectivity index (χ1v) is 5.33. The van der Waals surface area contributed by atoms with Gasteiger partial charge in [-0.15, -0.1) is 0 Å². The zero-order chi connectivity index (χ0) is 10.4. The summed E-state index contributed by atoms with van der Waals surface area (Å²) < 4.78 is 5.24. The molecular weight excluding hydrogens is 248 g/mol. The van der Waals surface area contributed by atoms with E-state index < -0.39 is 0 Å². The molecule has 0 fully saturated rings. The van der Waals surface area contributed by atoms with Crippen LogP contribution in [0.4, 0.5) is 5.69 Å². The molecule has 14 heavy (non-hydrogen) atoms. The second-order valence-electron chi connectivity index (χ2n) is 2.47. The third-order valence-corrected chi connectivity index (χ3v) is 1.96. The molecule has 1 heterocycles. The number of hydrogen-bond donors (Lipinski definition) is 1. The summed E-state index contributed by atoms with van der Waals surface area (Å²) in [6, 6.07) is 3.49. The van der Waals surface area contributed by atoms with E-state index in [0.29, 0.717) is 18.2 Å². The third-order valence-electron chi connectivity index (χ3n) is 1.45. The van der Waals surface area contributed by atoms with Gasteiger partial charge in [0.2, 0.25) is 11.8 Å². The number of halogens is 1. The van der Waals surface area contributed by atoms with Crippen LogP contribution in [-0.2, 0) is 4.79 Å². The van der Waals surface area contributed by atoms with E-state index >= 15 is 0 Å². The second-order valence-corrected chi connectivity index (χ2v) is 3.03. The maximum absolute atomic E-state index is 11.1. The highest BCUT2D eigenvalue weighted by Crippen LogP contribution is 2.20. The Balaban J connectivity index is 2.78. The molecule has 0 aliphatic heterocycles. The van der Waals surface area contributed by atoms with Gasteiger partial charge in [0.1, 0.15) is 5.69 Å². The van der Waals surface area contributed by atoms with Gasteiger partial charge >= 0.3 is 0 Å². The van der Waals surface area contributed by atoms with Crippen LogP contribution in [0.1, 0.15) is 6.92 Å². The Morgan fingerprint density at radius 3 is 3.14 bits per heavy atom. The van der Waals surface area contributed by atoms with Crippen LogP contribution in [0.25, 0.3) is 0 Å². The Hall–Kier alpha value is -1.10. The molecule has 0 unspecified atom stereocenters. The minimum atomic E-state index is -0.126. The monoisotopic (exact) mass is 258 g/mol. The first-order chi connectivity index (χ1) is 6.77. The lowest BCUT2D eigenvalue weighted by Crippen LogP contribution is -2.13. The molecule has 1 amide bonds. The molecule has 1 rings (SSSR count). The molecule has 0 bridgehead atoms. The molecule has 1 aromatic heterocycles. The summed E-state index contributed by atoms with van der Waals surface area (Å²) in [6.45, 7) is 2.39. The number of carbonyl (C=O) groups excluding carboxylic acids is 1. The van der Waals surface area contributed by atoms with E-state index in [1.165, 1.54) is 0 Å². The summed E-state index contributed by atoms with van der Waals surface area (Å²) in [7, 11) is 0. The van der Waals surface area contributed by atoms with Crippen molar-refractivity contribution in [2.45, 2.75) is 6.92 Å².